The van der Waals surface area contributed by atoms with Gasteiger partial charge in [0, 0.05) is 60.3 Å². The molecular weight excluding hydrogens is 970 g/mol. The zero-order chi connectivity index (χ0) is 53.5. The monoisotopic (exact) mass is 1020 g/mol. The van der Waals surface area contributed by atoms with Crippen LogP contribution in [0.4, 0.5) is 15.0 Å². The third-order valence-electron chi connectivity index (χ3n) is 10.2. The van der Waals surface area contributed by atoms with Crippen LogP contribution in [0, 0.1) is 50.4 Å². The molecule has 0 spiro atoms. The van der Waals surface area contributed by atoms with Crippen LogP contribution >= 0.6 is 0 Å². The Kier molecular flexibility index (Phi) is 17.3. The second-order valence-electron chi connectivity index (χ2n) is 17.3. The van der Waals surface area contributed by atoms with E-state index in [0.717, 1.165) is 34.8 Å². The van der Waals surface area contributed by atoms with Crippen LogP contribution in [0.25, 0.3) is 21.8 Å². The predicted molar refractivity (Wildman–Crippen MR) is 267 cm³/mol. The van der Waals surface area contributed by atoms with Crippen molar-refractivity contribution in [2.45, 2.75) is 90.9 Å². The second-order valence-corrected chi connectivity index (χ2v) is 21.3. The van der Waals surface area contributed by atoms with Gasteiger partial charge in [0.15, 0.2) is 31.1 Å². The number of anilines is 1. The first-order chi connectivity index (χ1) is 33.6. The van der Waals surface area contributed by atoms with Gasteiger partial charge in [-0.2, -0.15) is 20.7 Å². The molecule has 0 saturated carbocycles. The molecule has 2 aromatic carbocycles. The van der Waals surface area contributed by atoms with Crippen molar-refractivity contribution in [1.82, 2.24) is 39.8 Å². The average molecular weight is 1030 g/mol. The van der Waals surface area contributed by atoms with Gasteiger partial charge in [-0.1, -0.05) is 7.43 Å². The fourth-order valence-electron chi connectivity index (χ4n) is 7.25. The normalized spacial score (nSPS) is 11.4. The summed E-state index contributed by atoms with van der Waals surface area (Å²) in [4.78, 5) is 49.5. The molecule has 2 amide bonds. The topological polar surface area (TPSA) is 295 Å². The molecule has 23 heteroatoms. The van der Waals surface area contributed by atoms with Crippen molar-refractivity contribution < 1.29 is 46.8 Å². The summed E-state index contributed by atoms with van der Waals surface area (Å²) in [5, 5.41) is 42.7. The lowest BCUT2D eigenvalue weighted by atomic mass is 10.1. The number of sulfone groups is 2. The van der Waals surface area contributed by atoms with Gasteiger partial charge in [-0.05, 0) is 124 Å². The van der Waals surface area contributed by atoms with Crippen molar-refractivity contribution in [1.29, 1.82) is 10.5 Å². The number of aryl methyl sites for hydroxylation is 4. The van der Waals surface area contributed by atoms with E-state index in [1.165, 1.54) is 33.9 Å². The van der Waals surface area contributed by atoms with Gasteiger partial charge in [-0.25, -0.2) is 31.4 Å². The number of ether oxygens (including phenoxy) is 1. The van der Waals surface area contributed by atoms with E-state index >= 15 is 0 Å². The minimum atomic E-state index is -3.58. The number of carboxylic acids is 1. The van der Waals surface area contributed by atoms with Gasteiger partial charge < -0.3 is 15.2 Å². The summed E-state index contributed by atoms with van der Waals surface area (Å²) >= 11 is 0. The molecule has 72 heavy (non-hydrogen) atoms. The molecule has 0 aliphatic rings. The minimum Gasteiger partial charge on any atom is -0.478 e. The van der Waals surface area contributed by atoms with Gasteiger partial charge in [-0.15, -0.1) is 0 Å². The number of nitrogens with one attached hydrogen (secondary N) is 2. The fraction of sp³-hybridized carbons (Fsp3) is 0.306. The lowest BCUT2D eigenvalue weighted by molar-refractivity contribution is 0.0633. The molecule has 0 aliphatic heterocycles. The highest BCUT2D eigenvalue weighted by Crippen LogP contribution is 2.27. The molecule has 0 bridgehead atoms. The van der Waals surface area contributed by atoms with E-state index in [9.17, 15) is 40.9 Å². The van der Waals surface area contributed by atoms with Crippen molar-refractivity contribution in [3.8, 4) is 12.1 Å². The number of amides is 2. The number of rotatable bonds is 11. The highest BCUT2D eigenvalue weighted by atomic mass is 32.2. The molecule has 7 rings (SSSR count). The molecule has 0 unspecified atom stereocenters. The number of carbonyl (C=O) groups is 3. The smallest absolute Gasteiger partial charge is 0.413 e. The third-order valence-corrected chi connectivity index (χ3v) is 12.4. The number of hydrogen-bond acceptors (Lipinski definition) is 15. The Morgan fingerprint density at radius 2 is 1.25 bits per heavy atom. The maximum atomic E-state index is 13.1. The molecule has 3 N–H and O–H groups in total. The van der Waals surface area contributed by atoms with E-state index in [0.29, 0.717) is 44.4 Å². The minimum absolute atomic E-state index is 0. The first kappa shape index (κ1) is 54.8. The van der Waals surface area contributed by atoms with Crippen LogP contribution in [0.3, 0.4) is 0 Å². The Bertz CT molecular complexity index is 3560. The first-order valence-corrected chi connectivity index (χ1v) is 24.9. The van der Waals surface area contributed by atoms with E-state index < -0.39 is 50.4 Å². The third kappa shape index (κ3) is 14.0. The van der Waals surface area contributed by atoms with E-state index in [1.54, 1.807) is 58.3 Å². The molecule has 5 heterocycles. The molecule has 7 aromatic rings. The number of nitriles is 2. The highest BCUT2D eigenvalue weighted by Gasteiger charge is 2.22. The maximum Gasteiger partial charge on any atom is 0.413 e. The number of fused-ring (bicyclic) bond motifs is 2. The van der Waals surface area contributed by atoms with Crippen LogP contribution in [-0.2, 0) is 44.0 Å². The molecular formula is C49H54FN11O9S2. The summed E-state index contributed by atoms with van der Waals surface area (Å²) in [6, 6.07) is 15.7. The molecule has 20 nitrogen and oxygen atoms in total. The van der Waals surface area contributed by atoms with Gasteiger partial charge >= 0.3 is 12.1 Å². The Balaban J connectivity index is 0.000000328. The Morgan fingerprint density at radius 1 is 0.792 bits per heavy atom. The highest BCUT2D eigenvalue weighted by molar-refractivity contribution is 7.91. The van der Waals surface area contributed by atoms with Crippen LogP contribution < -0.4 is 10.6 Å². The SMILES string of the molecule is C.Cc1cnc2c(S(C)(=O)=O)cc(Cn3cc(C(=O)NCc4c(C)cc(NC(=O)OC(C)(C)C)nc4C)c(C#N)n3)cc2c1.Cc1cnc2c(S(C)(=O)=O)cc(Cn3cc(C(=O)O)c(C#N)n3)cc2c1.[2H]CF. The average Bonchev–Trinajstić information content (AvgIpc) is 3.88. The number of hydrogen-bond donors (Lipinski definition) is 3. The number of benzene rings is 2. The summed E-state index contributed by atoms with van der Waals surface area (Å²) in [7, 11) is -8.09. The first-order valence-electron chi connectivity index (χ1n) is 21.8. The fourth-order valence-corrected chi connectivity index (χ4v) is 9.02. The molecule has 0 saturated heterocycles. The van der Waals surface area contributed by atoms with E-state index in [1.807, 2.05) is 45.0 Å². The number of carboxylic acid groups (broad SMARTS) is 1. The summed E-state index contributed by atoms with van der Waals surface area (Å²) in [6.45, 7) is 13.0. The van der Waals surface area contributed by atoms with Crippen molar-refractivity contribution in [2.24, 2.45) is 0 Å². The summed E-state index contributed by atoms with van der Waals surface area (Å²) < 4.78 is 72.8. The zero-order valence-electron chi connectivity index (χ0n) is 41.1. The number of aromatic nitrogens is 7. The molecule has 0 fully saturated rings. The Labute approximate surface area is 417 Å². The number of pyridine rings is 3. The standard InChI is InChI=1S/C30H33N7O5S.C17H14N4O4S.CH3F.CH4/c1-17-8-21-10-20(11-25(43(7,40)41)27(21)32-13-17)15-37-16-23(24(12-31)36-37)28(38)33-14-22-18(2)9-26(34-19(22)3)35-29(39)42-30(4,5)6;1-10-3-12-4-11(5-15(26(2,24)25)16(12)19-7-10)8-21-9-13(17(22)23)14(6-18)20-21;1-2;/h8-11,13,16H,14-15H2,1-7H3,(H,33,38)(H,34,35,39);3-5,7,9H,8H2,1-2H3,(H,22,23);1H3;1H4/i;;1D;. The number of nitrogens with zero attached hydrogens (tertiary/aromatic N) is 9. The van der Waals surface area contributed by atoms with Crippen molar-refractivity contribution in [2.75, 3.05) is 25.0 Å². The van der Waals surface area contributed by atoms with Crippen LogP contribution in [0.5, 0.6) is 0 Å². The Morgan fingerprint density at radius 3 is 1.65 bits per heavy atom. The van der Waals surface area contributed by atoms with E-state index in [2.05, 4.69) is 35.8 Å². The van der Waals surface area contributed by atoms with Crippen molar-refractivity contribution >= 4 is 65.3 Å². The van der Waals surface area contributed by atoms with Crippen LogP contribution in [-0.4, -0.2) is 99.7 Å². The van der Waals surface area contributed by atoms with Gasteiger partial charge in [-0.3, -0.25) is 33.8 Å². The molecule has 0 aliphatic carbocycles. The van der Waals surface area contributed by atoms with Crippen LogP contribution in [0.2, 0.25) is 0 Å². The Hall–Kier alpha value is -8.15. The quantitative estimate of drug-likeness (QED) is 0.114. The number of halogens is 1. The zero-order valence-corrected chi connectivity index (χ0v) is 41.7. The van der Waals surface area contributed by atoms with Gasteiger partial charge in [0.05, 0.1) is 48.0 Å². The van der Waals surface area contributed by atoms with Gasteiger partial charge in [0.25, 0.3) is 5.91 Å². The van der Waals surface area contributed by atoms with Crippen LogP contribution in [0.1, 0.15) is 101 Å². The van der Waals surface area contributed by atoms with E-state index in [4.69, 9.17) is 16.5 Å². The number of alkyl halides is 1. The van der Waals surface area contributed by atoms with E-state index in [-0.39, 0.29) is 59.4 Å². The van der Waals surface area contributed by atoms with Gasteiger partial charge in [0.2, 0.25) is 0 Å². The lowest BCUT2D eigenvalue weighted by Crippen LogP contribution is -2.28. The number of carbonyl (C=O) groups excluding carboxylic acids is 2. The molecule has 0 radical (unpaired) electrons. The molecule has 378 valence electrons. The maximum absolute atomic E-state index is 13.1. The second kappa shape index (κ2) is 22.7. The summed E-state index contributed by atoms with van der Waals surface area (Å²) in [5.41, 5.74) is 4.86. The summed E-state index contributed by atoms with van der Waals surface area (Å²) in [5.74, 6) is -1.43. The lowest BCUT2D eigenvalue weighted by Gasteiger charge is -2.20. The predicted octanol–water partition coefficient (Wildman–Crippen LogP) is 7.34. The van der Waals surface area contributed by atoms with Crippen molar-refractivity contribution in [3.63, 3.8) is 0 Å². The van der Waals surface area contributed by atoms with Crippen molar-refractivity contribution in [3.05, 3.63) is 129 Å². The van der Waals surface area contributed by atoms with Crippen LogP contribution in [0.15, 0.2) is 77.0 Å². The molecule has 0 atom stereocenters. The summed E-state index contributed by atoms with van der Waals surface area (Å²) in [6.07, 6.45) is 7.53. The molecule has 5 aromatic heterocycles. The number of aromatic carboxylic acids is 1. The van der Waals surface area contributed by atoms with Gasteiger partial charge in [0.1, 0.15) is 29.1 Å². The largest absolute Gasteiger partial charge is 0.478 e.